The summed E-state index contributed by atoms with van der Waals surface area (Å²) in [5.41, 5.74) is 0.211. The van der Waals surface area contributed by atoms with Crippen molar-refractivity contribution in [2.75, 3.05) is 18.5 Å². The summed E-state index contributed by atoms with van der Waals surface area (Å²) in [4.78, 5) is 23.3. The van der Waals surface area contributed by atoms with E-state index in [1.54, 1.807) is 0 Å². The monoisotopic (exact) mass is 329 g/mol. The summed E-state index contributed by atoms with van der Waals surface area (Å²) >= 11 is 0. The minimum Gasteiger partial charge on any atom is -0.454 e. The third-order valence-electron chi connectivity index (χ3n) is 3.22. The number of amides is 1. The van der Waals surface area contributed by atoms with E-state index >= 15 is 0 Å². The molecule has 3 rings (SSSR count). The summed E-state index contributed by atoms with van der Waals surface area (Å²) in [6.07, 6.45) is -3.01. The summed E-state index contributed by atoms with van der Waals surface area (Å²) in [6.45, 7) is -0.00289. The first-order valence-corrected chi connectivity index (χ1v) is 6.91. The molecule has 9 heteroatoms. The predicted molar refractivity (Wildman–Crippen MR) is 71.2 cm³/mol. The molecule has 124 valence electrons. The minimum absolute atomic E-state index is 0.127. The second kappa shape index (κ2) is 5.99. The summed E-state index contributed by atoms with van der Waals surface area (Å²) in [5.74, 6) is -1.52. The summed E-state index contributed by atoms with van der Waals surface area (Å²) in [7, 11) is 0. The molecule has 0 unspecified atom stereocenters. The van der Waals surface area contributed by atoms with Crippen LogP contribution in [0.5, 0.6) is 11.5 Å². The predicted octanol–water partition coefficient (Wildman–Crippen LogP) is 1.67. The summed E-state index contributed by atoms with van der Waals surface area (Å²) < 4.78 is 44.2. The zero-order valence-electron chi connectivity index (χ0n) is 11.8. The highest BCUT2D eigenvalue weighted by atomic mass is 19.3. The Kier molecular flexibility index (Phi) is 4.03. The zero-order valence-corrected chi connectivity index (χ0v) is 11.8. The van der Waals surface area contributed by atoms with Gasteiger partial charge in [-0.3, -0.25) is 4.79 Å². The first-order chi connectivity index (χ1) is 10.9. The van der Waals surface area contributed by atoms with Crippen molar-refractivity contribution in [2.45, 2.75) is 25.2 Å². The molecule has 2 aliphatic heterocycles. The average molecular weight is 329 g/mol. The molecule has 1 amide bonds. The molecule has 0 aromatic heterocycles. The van der Waals surface area contributed by atoms with Gasteiger partial charge in [-0.05, 0) is 25.0 Å². The minimum atomic E-state index is -3.72. The third-order valence-corrected chi connectivity index (χ3v) is 3.22. The van der Waals surface area contributed by atoms with Gasteiger partial charge in [-0.25, -0.2) is 4.79 Å². The number of fused-ring (bicyclic) bond motifs is 1. The van der Waals surface area contributed by atoms with Crippen LogP contribution in [0, 0.1) is 0 Å². The van der Waals surface area contributed by atoms with Gasteiger partial charge in [0.05, 0.1) is 0 Å². The number of nitrogens with one attached hydrogen (secondary N) is 1. The Bertz CT molecular complexity index is 630. The van der Waals surface area contributed by atoms with Crippen LogP contribution in [0.2, 0.25) is 0 Å². The Hall–Kier alpha value is -2.42. The van der Waals surface area contributed by atoms with E-state index in [0.29, 0.717) is 13.0 Å². The quantitative estimate of drug-likeness (QED) is 0.846. The van der Waals surface area contributed by atoms with Crippen LogP contribution in [0.25, 0.3) is 0 Å². The van der Waals surface area contributed by atoms with Crippen LogP contribution in [0.4, 0.5) is 14.5 Å². The summed E-state index contributed by atoms with van der Waals surface area (Å²) in [5, 5.41) is 2.41. The molecule has 1 fully saturated rings. The van der Waals surface area contributed by atoms with Crippen molar-refractivity contribution in [1.82, 2.24) is 0 Å². The van der Waals surface area contributed by atoms with Gasteiger partial charge in [0, 0.05) is 18.4 Å². The average Bonchev–Trinajstić information content (AvgIpc) is 3.10. The van der Waals surface area contributed by atoms with Crippen LogP contribution < -0.4 is 14.8 Å². The van der Waals surface area contributed by atoms with E-state index in [-0.39, 0.29) is 17.2 Å². The summed E-state index contributed by atoms with van der Waals surface area (Å²) in [6, 6.07) is 3.80. The maximum Gasteiger partial charge on any atom is 0.586 e. The Labute approximate surface area is 129 Å². The molecular weight excluding hydrogens is 316 g/mol. The lowest BCUT2D eigenvalue weighted by Gasteiger charge is -2.10. The standard InChI is InChI=1S/C14H13F2NO6/c15-14(16)22-9-4-3-8(6-11(9)23-14)17-12(18)7-21-13(19)10-2-1-5-20-10/h3-4,6,10H,1-2,5,7H2,(H,17,18)/t10-/m1/s1. The van der Waals surface area contributed by atoms with Gasteiger partial charge in [0.1, 0.15) is 0 Å². The van der Waals surface area contributed by atoms with Gasteiger partial charge in [0.25, 0.3) is 5.91 Å². The molecule has 7 nitrogen and oxygen atoms in total. The molecule has 23 heavy (non-hydrogen) atoms. The van der Waals surface area contributed by atoms with Gasteiger partial charge in [-0.1, -0.05) is 0 Å². The topological polar surface area (TPSA) is 83.1 Å². The van der Waals surface area contributed by atoms with Gasteiger partial charge in [0.2, 0.25) is 0 Å². The number of anilines is 1. The molecule has 1 saturated heterocycles. The first kappa shape index (κ1) is 15.5. The van der Waals surface area contributed by atoms with Crippen molar-refractivity contribution < 1.29 is 37.3 Å². The lowest BCUT2D eigenvalue weighted by Crippen LogP contribution is -2.27. The number of hydrogen-bond acceptors (Lipinski definition) is 6. The maximum absolute atomic E-state index is 12.9. The molecule has 0 spiro atoms. The van der Waals surface area contributed by atoms with Gasteiger partial charge in [-0.2, -0.15) is 0 Å². The Morgan fingerprint density at radius 1 is 1.30 bits per heavy atom. The van der Waals surface area contributed by atoms with Gasteiger partial charge in [0.15, 0.2) is 24.2 Å². The lowest BCUT2D eigenvalue weighted by atomic mass is 10.2. The number of esters is 1. The van der Waals surface area contributed by atoms with E-state index in [1.807, 2.05) is 0 Å². The maximum atomic E-state index is 12.9. The second-order valence-electron chi connectivity index (χ2n) is 4.99. The van der Waals surface area contributed by atoms with E-state index in [1.165, 1.54) is 18.2 Å². The van der Waals surface area contributed by atoms with E-state index in [2.05, 4.69) is 14.8 Å². The fourth-order valence-corrected chi connectivity index (χ4v) is 2.22. The number of alkyl halides is 2. The highest BCUT2D eigenvalue weighted by Gasteiger charge is 2.43. The van der Waals surface area contributed by atoms with E-state index in [0.717, 1.165) is 6.42 Å². The van der Waals surface area contributed by atoms with E-state index in [9.17, 15) is 18.4 Å². The van der Waals surface area contributed by atoms with Gasteiger partial charge >= 0.3 is 12.3 Å². The highest BCUT2D eigenvalue weighted by molar-refractivity contribution is 5.93. The Morgan fingerprint density at radius 3 is 2.83 bits per heavy atom. The molecule has 1 N–H and O–H groups in total. The van der Waals surface area contributed by atoms with Crippen LogP contribution in [0.1, 0.15) is 12.8 Å². The van der Waals surface area contributed by atoms with Crippen LogP contribution in [0.3, 0.4) is 0 Å². The normalized spacial score (nSPS) is 21.0. The van der Waals surface area contributed by atoms with Crippen LogP contribution in [0.15, 0.2) is 18.2 Å². The van der Waals surface area contributed by atoms with Crippen LogP contribution >= 0.6 is 0 Å². The lowest BCUT2D eigenvalue weighted by molar-refractivity contribution is -0.286. The van der Waals surface area contributed by atoms with Crippen molar-refractivity contribution in [3.05, 3.63) is 18.2 Å². The van der Waals surface area contributed by atoms with Crippen molar-refractivity contribution in [2.24, 2.45) is 0 Å². The Balaban J connectivity index is 1.51. The number of carbonyl (C=O) groups excluding carboxylic acids is 2. The van der Waals surface area contributed by atoms with Gasteiger partial charge in [-0.15, -0.1) is 8.78 Å². The van der Waals surface area contributed by atoms with Crippen molar-refractivity contribution in [3.63, 3.8) is 0 Å². The van der Waals surface area contributed by atoms with Crippen LogP contribution in [-0.4, -0.2) is 37.5 Å². The number of hydrogen-bond donors (Lipinski definition) is 1. The van der Waals surface area contributed by atoms with Crippen LogP contribution in [-0.2, 0) is 19.1 Å². The molecule has 0 radical (unpaired) electrons. The number of benzene rings is 1. The zero-order chi connectivity index (χ0) is 16.4. The third kappa shape index (κ3) is 3.67. The molecule has 2 heterocycles. The van der Waals surface area contributed by atoms with Crippen molar-refractivity contribution >= 4 is 17.6 Å². The molecule has 1 aromatic rings. The number of rotatable bonds is 4. The molecular formula is C14H13F2NO6. The fraction of sp³-hybridized carbons (Fsp3) is 0.429. The Morgan fingerprint density at radius 2 is 2.09 bits per heavy atom. The van der Waals surface area contributed by atoms with Crippen molar-refractivity contribution in [1.29, 1.82) is 0 Å². The number of ether oxygens (including phenoxy) is 4. The molecule has 1 aromatic carbocycles. The second-order valence-corrected chi connectivity index (χ2v) is 4.99. The molecule has 0 saturated carbocycles. The number of carbonyl (C=O) groups is 2. The largest absolute Gasteiger partial charge is 0.586 e. The smallest absolute Gasteiger partial charge is 0.454 e. The molecule has 1 atom stereocenters. The molecule has 2 aliphatic rings. The highest BCUT2D eigenvalue weighted by Crippen LogP contribution is 2.42. The van der Waals surface area contributed by atoms with Crippen molar-refractivity contribution in [3.8, 4) is 11.5 Å². The fourth-order valence-electron chi connectivity index (χ4n) is 2.22. The molecule has 0 bridgehead atoms. The van der Waals surface area contributed by atoms with Gasteiger partial charge < -0.3 is 24.3 Å². The molecule has 0 aliphatic carbocycles. The SMILES string of the molecule is O=C(COC(=O)[C@H]1CCCO1)Nc1ccc2c(c1)OC(F)(F)O2. The van der Waals surface area contributed by atoms with E-state index < -0.39 is 30.9 Å². The first-order valence-electron chi connectivity index (χ1n) is 6.91. The van der Waals surface area contributed by atoms with E-state index in [4.69, 9.17) is 9.47 Å². The number of halogens is 2.